The van der Waals surface area contributed by atoms with Gasteiger partial charge in [-0.05, 0) is 31.0 Å². The molecule has 1 aromatic rings. The number of carbonyl (C=O) groups is 1. The molecule has 1 aromatic carbocycles. The number of nitrogens with one attached hydrogen (secondary N) is 1. The van der Waals surface area contributed by atoms with Gasteiger partial charge in [0.25, 0.3) is 0 Å². The highest BCUT2D eigenvalue weighted by Crippen LogP contribution is 2.23. The fourth-order valence-corrected chi connectivity index (χ4v) is 4.23. The molecule has 1 atom stereocenters. The van der Waals surface area contributed by atoms with E-state index in [1.807, 2.05) is 13.0 Å². The first-order chi connectivity index (χ1) is 9.34. The van der Waals surface area contributed by atoms with Crippen molar-refractivity contribution in [3.8, 4) is 0 Å². The largest absolute Gasteiger partial charge is 0.368 e. The maximum absolute atomic E-state index is 12.8. The fourth-order valence-electron chi connectivity index (χ4n) is 2.33. The van der Waals surface area contributed by atoms with Crippen molar-refractivity contribution in [1.82, 2.24) is 9.62 Å². The lowest BCUT2D eigenvalue weighted by molar-refractivity contribution is -0.122. The molecular formula is C13H19N3O3S. The van der Waals surface area contributed by atoms with Crippen LogP contribution in [0.1, 0.15) is 11.1 Å². The Morgan fingerprint density at radius 2 is 2.10 bits per heavy atom. The van der Waals surface area contributed by atoms with Crippen molar-refractivity contribution in [2.24, 2.45) is 5.73 Å². The summed E-state index contributed by atoms with van der Waals surface area (Å²) in [6.07, 6.45) is 0. The predicted octanol–water partition coefficient (Wildman–Crippen LogP) is -0.249. The van der Waals surface area contributed by atoms with E-state index in [4.69, 9.17) is 5.73 Å². The Morgan fingerprint density at radius 1 is 1.40 bits per heavy atom. The van der Waals surface area contributed by atoms with Gasteiger partial charge in [-0.3, -0.25) is 4.79 Å². The molecule has 0 aromatic heterocycles. The van der Waals surface area contributed by atoms with Gasteiger partial charge in [0.1, 0.15) is 6.04 Å². The molecule has 20 heavy (non-hydrogen) atoms. The Morgan fingerprint density at radius 3 is 2.75 bits per heavy atom. The van der Waals surface area contributed by atoms with Crippen LogP contribution in [0.25, 0.3) is 0 Å². The summed E-state index contributed by atoms with van der Waals surface area (Å²) in [5.41, 5.74) is 6.84. The lowest BCUT2D eigenvalue weighted by Crippen LogP contribution is -2.58. The van der Waals surface area contributed by atoms with Crippen molar-refractivity contribution < 1.29 is 13.2 Å². The van der Waals surface area contributed by atoms with Crippen LogP contribution in [0.15, 0.2) is 23.1 Å². The van der Waals surface area contributed by atoms with Crippen LogP contribution in [-0.2, 0) is 14.8 Å². The second kappa shape index (κ2) is 5.51. The molecule has 7 heteroatoms. The fraction of sp³-hybridized carbons (Fsp3) is 0.462. The molecular weight excluding hydrogens is 278 g/mol. The van der Waals surface area contributed by atoms with Gasteiger partial charge in [-0.15, -0.1) is 0 Å². The minimum atomic E-state index is -3.72. The van der Waals surface area contributed by atoms with Crippen molar-refractivity contribution in [3.05, 3.63) is 29.3 Å². The van der Waals surface area contributed by atoms with Crippen molar-refractivity contribution in [1.29, 1.82) is 0 Å². The van der Waals surface area contributed by atoms with Crippen LogP contribution in [0, 0.1) is 13.8 Å². The van der Waals surface area contributed by atoms with E-state index >= 15 is 0 Å². The summed E-state index contributed by atoms with van der Waals surface area (Å²) < 4.78 is 26.7. The number of nitrogens with two attached hydrogens (primary N) is 1. The average Bonchev–Trinajstić information content (AvgIpc) is 2.41. The third kappa shape index (κ3) is 2.70. The molecule has 2 rings (SSSR count). The van der Waals surface area contributed by atoms with Crippen molar-refractivity contribution in [2.45, 2.75) is 24.8 Å². The maximum atomic E-state index is 12.8. The third-order valence-electron chi connectivity index (χ3n) is 3.45. The molecule has 110 valence electrons. The zero-order valence-electron chi connectivity index (χ0n) is 11.6. The van der Waals surface area contributed by atoms with Crippen molar-refractivity contribution >= 4 is 15.9 Å². The van der Waals surface area contributed by atoms with E-state index in [9.17, 15) is 13.2 Å². The molecule has 1 heterocycles. The number of nitrogens with zero attached hydrogens (tertiary/aromatic N) is 1. The lowest BCUT2D eigenvalue weighted by Gasteiger charge is -2.33. The Kier molecular flexibility index (Phi) is 4.12. The summed E-state index contributed by atoms with van der Waals surface area (Å²) in [6, 6.07) is 4.42. The molecule has 1 aliphatic rings. The molecule has 0 aliphatic carbocycles. The SMILES string of the molecule is Cc1ccc(C)c(S(=O)(=O)N2CCNCC2C(N)=O)c1. The lowest BCUT2D eigenvalue weighted by atomic mass is 10.2. The molecule has 0 radical (unpaired) electrons. The molecule has 3 N–H and O–H groups in total. The molecule has 0 spiro atoms. The predicted molar refractivity (Wildman–Crippen MR) is 75.7 cm³/mol. The van der Waals surface area contributed by atoms with Gasteiger partial charge < -0.3 is 11.1 Å². The first kappa shape index (κ1) is 15.0. The first-order valence-corrected chi connectivity index (χ1v) is 7.87. The quantitative estimate of drug-likeness (QED) is 0.805. The van der Waals surface area contributed by atoms with E-state index in [1.165, 1.54) is 4.31 Å². The summed E-state index contributed by atoms with van der Waals surface area (Å²) in [5.74, 6) is -0.633. The summed E-state index contributed by atoms with van der Waals surface area (Å²) in [7, 11) is -3.72. The Balaban J connectivity index is 2.47. The smallest absolute Gasteiger partial charge is 0.244 e. The minimum absolute atomic E-state index is 0.239. The van der Waals surface area contributed by atoms with E-state index in [1.54, 1.807) is 19.1 Å². The minimum Gasteiger partial charge on any atom is -0.368 e. The van der Waals surface area contributed by atoms with E-state index in [0.717, 1.165) is 5.56 Å². The number of hydrogen-bond donors (Lipinski definition) is 2. The van der Waals surface area contributed by atoms with Crippen LogP contribution in [0.5, 0.6) is 0 Å². The summed E-state index contributed by atoms with van der Waals surface area (Å²) in [6.45, 7) is 4.58. The topological polar surface area (TPSA) is 92.5 Å². The van der Waals surface area contributed by atoms with Crippen LogP contribution in [0.4, 0.5) is 0 Å². The molecule has 1 amide bonds. The monoisotopic (exact) mass is 297 g/mol. The van der Waals surface area contributed by atoms with Gasteiger partial charge in [-0.1, -0.05) is 12.1 Å². The van der Waals surface area contributed by atoms with Gasteiger partial charge in [-0.25, -0.2) is 8.42 Å². The second-order valence-electron chi connectivity index (χ2n) is 5.01. The van der Waals surface area contributed by atoms with Crippen LogP contribution in [0.3, 0.4) is 0 Å². The second-order valence-corrected chi connectivity index (χ2v) is 6.87. The van der Waals surface area contributed by atoms with Crippen LogP contribution in [0.2, 0.25) is 0 Å². The summed E-state index contributed by atoms with van der Waals surface area (Å²) in [5, 5.41) is 2.99. The zero-order chi connectivity index (χ0) is 14.9. The van der Waals surface area contributed by atoms with E-state index in [2.05, 4.69) is 5.32 Å². The van der Waals surface area contributed by atoms with Gasteiger partial charge in [0.2, 0.25) is 15.9 Å². The number of hydrogen-bond acceptors (Lipinski definition) is 4. The first-order valence-electron chi connectivity index (χ1n) is 6.43. The maximum Gasteiger partial charge on any atom is 0.244 e. The number of primary amides is 1. The molecule has 6 nitrogen and oxygen atoms in total. The number of carbonyl (C=O) groups excluding carboxylic acids is 1. The number of sulfonamides is 1. The average molecular weight is 297 g/mol. The van der Waals surface area contributed by atoms with Crippen molar-refractivity contribution in [3.63, 3.8) is 0 Å². The Labute approximate surface area is 119 Å². The highest BCUT2D eigenvalue weighted by molar-refractivity contribution is 7.89. The molecule has 1 aliphatic heterocycles. The summed E-state index contributed by atoms with van der Waals surface area (Å²) in [4.78, 5) is 11.7. The number of piperazine rings is 1. The van der Waals surface area contributed by atoms with Crippen molar-refractivity contribution in [2.75, 3.05) is 19.6 Å². The zero-order valence-corrected chi connectivity index (χ0v) is 12.4. The molecule has 1 saturated heterocycles. The molecule has 1 unspecified atom stereocenters. The number of benzene rings is 1. The standard InChI is InChI=1S/C13H19N3O3S/c1-9-3-4-10(2)12(7-9)20(18,19)16-6-5-15-8-11(16)13(14)17/h3-4,7,11,15H,5-6,8H2,1-2H3,(H2,14,17). The number of amides is 1. The Bertz CT molecular complexity index is 628. The van der Waals surface area contributed by atoms with E-state index < -0.39 is 22.0 Å². The van der Waals surface area contributed by atoms with Gasteiger partial charge in [0.05, 0.1) is 4.90 Å². The number of aryl methyl sites for hydroxylation is 2. The highest BCUT2D eigenvalue weighted by Gasteiger charge is 2.37. The molecule has 0 bridgehead atoms. The normalized spacial score (nSPS) is 20.8. The van der Waals surface area contributed by atoms with E-state index in [0.29, 0.717) is 12.1 Å². The molecule has 0 saturated carbocycles. The van der Waals surface area contributed by atoms with Gasteiger partial charge in [-0.2, -0.15) is 4.31 Å². The van der Waals surface area contributed by atoms with Crippen LogP contribution < -0.4 is 11.1 Å². The van der Waals surface area contributed by atoms with Crippen LogP contribution in [-0.4, -0.2) is 44.3 Å². The van der Waals surface area contributed by atoms with Crippen LogP contribution >= 0.6 is 0 Å². The Hall–Kier alpha value is -1.44. The third-order valence-corrected chi connectivity index (χ3v) is 5.50. The number of rotatable bonds is 3. The molecule has 1 fully saturated rings. The van der Waals surface area contributed by atoms with Gasteiger partial charge in [0, 0.05) is 19.6 Å². The van der Waals surface area contributed by atoms with Gasteiger partial charge >= 0.3 is 0 Å². The van der Waals surface area contributed by atoms with Gasteiger partial charge in [0.15, 0.2) is 0 Å². The highest BCUT2D eigenvalue weighted by atomic mass is 32.2. The van der Waals surface area contributed by atoms with E-state index in [-0.39, 0.29) is 18.0 Å². The summed E-state index contributed by atoms with van der Waals surface area (Å²) >= 11 is 0.